The van der Waals surface area contributed by atoms with E-state index in [1.54, 1.807) is 36.3 Å². The molecular formula is C13H15N3O3S2. The standard InChI is InChI=1S/C13H15N3O3S2/c14-12-9-16-6-5-13(12)20-8-7-19-10-1-3-11(4-2-10)21(15,17)18/h1-6,9H,7-8,14H2,(H2,15,17,18). The van der Waals surface area contributed by atoms with Crippen molar-refractivity contribution in [3.8, 4) is 5.75 Å². The van der Waals surface area contributed by atoms with Gasteiger partial charge in [-0.3, -0.25) is 4.98 Å². The number of primary sulfonamides is 1. The Balaban J connectivity index is 1.83. The van der Waals surface area contributed by atoms with E-state index in [4.69, 9.17) is 15.6 Å². The topological polar surface area (TPSA) is 108 Å². The fourth-order valence-electron chi connectivity index (χ4n) is 1.56. The molecule has 0 saturated heterocycles. The molecule has 0 fully saturated rings. The van der Waals surface area contributed by atoms with Gasteiger partial charge in [0.1, 0.15) is 5.75 Å². The van der Waals surface area contributed by atoms with Crippen LogP contribution in [-0.2, 0) is 10.0 Å². The van der Waals surface area contributed by atoms with E-state index in [0.717, 1.165) is 4.90 Å². The molecule has 0 aliphatic heterocycles. The normalized spacial score (nSPS) is 11.3. The van der Waals surface area contributed by atoms with Gasteiger partial charge in [-0.15, -0.1) is 11.8 Å². The predicted octanol–water partition coefficient (Wildman–Crippen LogP) is 1.48. The number of aromatic nitrogens is 1. The van der Waals surface area contributed by atoms with E-state index in [0.29, 0.717) is 23.8 Å². The number of anilines is 1. The van der Waals surface area contributed by atoms with E-state index < -0.39 is 10.0 Å². The van der Waals surface area contributed by atoms with Crippen LogP contribution < -0.4 is 15.6 Å². The Morgan fingerprint density at radius 3 is 2.52 bits per heavy atom. The average Bonchev–Trinajstić information content (AvgIpc) is 2.45. The quantitative estimate of drug-likeness (QED) is 0.615. The van der Waals surface area contributed by atoms with E-state index in [1.165, 1.54) is 12.1 Å². The number of hydrogen-bond donors (Lipinski definition) is 2. The molecule has 2 rings (SSSR count). The molecule has 1 heterocycles. The van der Waals surface area contributed by atoms with Gasteiger partial charge in [0.15, 0.2) is 0 Å². The first-order valence-electron chi connectivity index (χ1n) is 6.05. The first-order chi connectivity index (χ1) is 9.97. The molecule has 1 aromatic heterocycles. The van der Waals surface area contributed by atoms with Gasteiger partial charge in [-0.1, -0.05) is 0 Å². The maximum Gasteiger partial charge on any atom is 0.238 e. The summed E-state index contributed by atoms with van der Waals surface area (Å²) in [4.78, 5) is 4.94. The second-order valence-electron chi connectivity index (χ2n) is 4.13. The summed E-state index contributed by atoms with van der Waals surface area (Å²) in [7, 11) is -3.67. The highest BCUT2D eigenvalue weighted by molar-refractivity contribution is 7.99. The van der Waals surface area contributed by atoms with Crippen LogP contribution in [0.25, 0.3) is 0 Å². The fourth-order valence-corrected chi connectivity index (χ4v) is 2.84. The molecule has 0 bridgehead atoms. The van der Waals surface area contributed by atoms with E-state index in [-0.39, 0.29) is 4.90 Å². The van der Waals surface area contributed by atoms with Gasteiger partial charge in [0.25, 0.3) is 0 Å². The maximum atomic E-state index is 11.1. The van der Waals surface area contributed by atoms with Crippen molar-refractivity contribution in [3.05, 3.63) is 42.7 Å². The van der Waals surface area contributed by atoms with Gasteiger partial charge in [-0.2, -0.15) is 0 Å². The van der Waals surface area contributed by atoms with E-state index in [1.807, 2.05) is 6.07 Å². The first-order valence-corrected chi connectivity index (χ1v) is 8.58. The van der Waals surface area contributed by atoms with Gasteiger partial charge in [0, 0.05) is 16.8 Å². The Morgan fingerprint density at radius 1 is 1.19 bits per heavy atom. The van der Waals surface area contributed by atoms with Crippen LogP contribution in [0.1, 0.15) is 0 Å². The summed E-state index contributed by atoms with van der Waals surface area (Å²) in [6.45, 7) is 0.473. The van der Waals surface area contributed by atoms with Crippen molar-refractivity contribution in [1.29, 1.82) is 0 Å². The summed E-state index contributed by atoms with van der Waals surface area (Å²) >= 11 is 1.57. The average molecular weight is 325 g/mol. The molecule has 0 amide bonds. The highest BCUT2D eigenvalue weighted by Gasteiger charge is 2.07. The molecule has 112 valence electrons. The first kappa shape index (κ1) is 15.6. The molecule has 2 aromatic rings. The number of nitrogen functional groups attached to an aromatic ring is 1. The second-order valence-corrected chi connectivity index (χ2v) is 6.83. The van der Waals surface area contributed by atoms with Crippen molar-refractivity contribution in [1.82, 2.24) is 4.98 Å². The van der Waals surface area contributed by atoms with Crippen molar-refractivity contribution in [2.45, 2.75) is 9.79 Å². The third-order valence-corrected chi connectivity index (χ3v) is 4.55. The number of hydrogen-bond acceptors (Lipinski definition) is 6. The lowest BCUT2D eigenvalue weighted by Gasteiger charge is -2.07. The second kappa shape index (κ2) is 6.79. The minimum atomic E-state index is -3.67. The highest BCUT2D eigenvalue weighted by atomic mass is 32.2. The van der Waals surface area contributed by atoms with Crippen LogP contribution >= 0.6 is 11.8 Å². The lowest BCUT2D eigenvalue weighted by Crippen LogP contribution is -2.11. The zero-order chi connectivity index (χ0) is 15.3. The van der Waals surface area contributed by atoms with Crippen LogP contribution in [0.4, 0.5) is 5.69 Å². The molecule has 6 nitrogen and oxygen atoms in total. The van der Waals surface area contributed by atoms with Crippen LogP contribution in [0.3, 0.4) is 0 Å². The fraction of sp³-hybridized carbons (Fsp3) is 0.154. The van der Waals surface area contributed by atoms with Gasteiger partial charge in [0.2, 0.25) is 10.0 Å². The van der Waals surface area contributed by atoms with Crippen molar-refractivity contribution in [3.63, 3.8) is 0 Å². The predicted molar refractivity (Wildman–Crippen MR) is 82.7 cm³/mol. The molecule has 0 aliphatic carbocycles. The van der Waals surface area contributed by atoms with Gasteiger partial charge < -0.3 is 10.5 Å². The number of nitrogens with zero attached hydrogens (tertiary/aromatic N) is 1. The third-order valence-electron chi connectivity index (χ3n) is 2.57. The lowest BCUT2D eigenvalue weighted by atomic mass is 10.3. The van der Waals surface area contributed by atoms with E-state index >= 15 is 0 Å². The number of ether oxygens (including phenoxy) is 1. The Morgan fingerprint density at radius 2 is 1.90 bits per heavy atom. The lowest BCUT2D eigenvalue weighted by molar-refractivity contribution is 0.343. The monoisotopic (exact) mass is 325 g/mol. The summed E-state index contributed by atoms with van der Waals surface area (Å²) in [5, 5.41) is 5.02. The van der Waals surface area contributed by atoms with Gasteiger partial charge in [0.05, 0.1) is 23.4 Å². The number of rotatable bonds is 6. The van der Waals surface area contributed by atoms with Crippen LogP contribution in [0.2, 0.25) is 0 Å². The SMILES string of the molecule is Nc1cnccc1SCCOc1ccc(S(N)(=O)=O)cc1. The van der Waals surface area contributed by atoms with Gasteiger partial charge >= 0.3 is 0 Å². The van der Waals surface area contributed by atoms with Gasteiger partial charge in [-0.25, -0.2) is 13.6 Å². The third kappa shape index (κ3) is 4.62. The molecule has 0 atom stereocenters. The van der Waals surface area contributed by atoms with E-state index in [2.05, 4.69) is 4.98 Å². The smallest absolute Gasteiger partial charge is 0.238 e. The molecule has 21 heavy (non-hydrogen) atoms. The molecule has 0 unspecified atom stereocenters. The Kier molecular flexibility index (Phi) is 5.05. The molecule has 0 spiro atoms. The summed E-state index contributed by atoms with van der Waals surface area (Å²) in [6, 6.07) is 7.83. The maximum absolute atomic E-state index is 11.1. The van der Waals surface area contributed by atoms with Crippen molar-refractivity contribution < 1.29 is 13.2 Å². The zero-order valence-corrected chi connectivity index (χ0v) is 12.7. The number of nitrogens with two attached hydrogens (primary N) is 2. The summed E-state index contributed by atoms with van der Waals surface area (Å²) < 4.78 is 27.7. The Bertz CT molecular complexity index is 703. The van der Waals surface area contributed by atoms with E-state index in [9.17, 15) is 8.42 Å². The molecule has 0 saturated carbocycles. The largest absolute Gasteiger partial charge is 0.493 e. The molecular weight excluding hydrogens is 310 g/mol. The number of thioether (sulfide) groups is 1. The van der Waals surface area contributed by atoms with Crippen molar-refractivity contribution >= 4 is 27.5 Å². The van der Waals surface area contributed by atoms with Crippen LogP contribution in [0.15, 0.2) is 52.5 Å². The minimum absolute atomic E-state index is 0.0637. The van der Waals surface area contributed by atoms with Crippen LogP contribution in [-0.4, -0.2) is 25.8 Å². The van der Waals surface area contributed by atoms with Gasteiger partial charge in [-0.05, 0) is 30.3 Å². The number of pyridine rings is 1. The summed E-state index contributed by atoms with van der Waals surface area (Å²) in [5.74, 6) is 1.30. The molecule has 4 N–H and O–H groups in total. The minimum Gasteiger partial charge on any atom is -0.493 e. The number of sulfonamides is 1. The van der Waals surface area contributed by atoms with Crippen LogP contribution in [0.5, 0.6) is 5.75 Å². The van der Waals surface area contributed by atoms with Crippen molar-refractivity contribution in [2.24, 2.45) is 5.14 Å². The summed E-state index contributed by atoms with van der Waals surface area (Å²) in [5.41, 5.74) is 6.42. The molecule has 1 aromatic carbocycles. The zero-order valence-electron chi connectivity index (χ0n) is 11.1. The molecule has 8 heteroatoms. The highest BCUT2D eigenvalue weighted by Crippen LogP contribution is 2.23. The summed E-state index contributed by atoms with van der Waals surface area (Å²) in [6.07, 6.45) is 3.29. The van der Waals surface area contributed by atoms with Crippen LogP contribution in [0, 0.1) is 0 Å². The Labute approximate surface area is 127 Å². The van der Waals surface area contributed by atoms with Crippen molar-refractivity contribution in [2.75, 3.05) is 18.1 Å². The molecule has 0 aliphatic rings. The Hall–Kier alpha value is -1.77. The number of benzene rings is 1. The molecule has 0 radical (unpaired) electrons.